The van der Waals surface area contributed by atoms with Crippen molar-refractivity contribution in [1.82, 2.24) is 0 Å². The molecule has 0 rings (SSSR count). The summed E-state index contributed by atoms with van der Waals surface area (Å²) in [7, 11) is -7.61. The van der Waals surface area contributed by atoms with Crippen LogP contribution >= 0.6 is 0 Å². The largest absolute Gasteiger partial charge is 1.00 e. The Bertz CT molecular complexity index is 322. The van der Waals surface area contributed by atoms with Crippen molar-refractivity contribution >= 4 is 20.2 Å². The average Bonchev–Trinajstić information content (AvgIpc) is 2.10. The van der Waals surface area contributed by atoms with Gasteiger partial charge >= 0.3 is 103 Å². The van der Waals surface area contributed by atoms with E-state index in [1.54, 1.807) is 0 Å². The van der Waals surface area contributed by atoms with E-state index in [-0.39, 0.29) is 140 Å². The molecule has 0 aliphatic rings. The molecule has 4 N–H and O–H groups in total. The Morgan fingerprint density at radius 3 is 1.00 bits per heavy atom. The summed E-state index contributed by atoms with van der Waals surface area (Å²) in [6.45, 7) is 0.0829. The molecule has 0 aromatic carbocycles. The third-order valence-electron chi connectivity index (χ3n) is 1.16. The van der Waals surface area contributed by atoms with Gasteiger partial charge in [-0.1, -0.05) is 12.8 Å². The van der Waals surface area contributed by atoms with Crippen LogP contribution < -0.4 is 103 Å². The van der Waals surface area contributed by atoms with Crippen molar-refractivity contribution in [2.75, 3.05) is 24.6 Å². The van der Waals surface area contributed by atoms with Crippen LogP contribution in [0.2, 0.25) is 0 Å². The molecule has 12 heteroatoms. The van der Waals surface area contributed by atoms with E-state index in [0.717, 1.165) is 0 Å². The van der Waals surface area contributed by atoms with Gasteiger partial charge in [-0.15, -0.1) is 0 Å². The van der Waals surface area contributed by atoms with Crippen LogP contribution in [0.3, 0.4) is 0 Å². The molecule has 0 spiro atoms. The Labute approximate surface area is 193 Å². The zero-order chi connectivity index (χ0) is 13.2. The Balaban J connectivity index is -0.0000000980. The number of rotatable bonds is 6. The van der Waals surface area contributed by atoms with Gasteiger partial charge in [0.15, 0.2) is 0 Å². The molecule has 0 aromatic heterocycles. The Kier molecular flexibility index (Phi) is 26.5. The number of nitrogens with one attached hydrogen (secondary N) is 2. The van der Waals surface area contributed by atoms with Crippen LogP contribution in [-0.4, -0.2) is 50.5 Å². The van der Waals surface area contributed by atoms with E-state index in [2.05, 4.69) is 0 Å². The molecule has 0 aliphatic carbocycles. The van der Waals surface area contributed by atoms with Crippen molar-refractivity contribution in [3.8, 4) is 0 Å². The molecule has 100 valence electrons. The van der Waals surface area contributed by atoms with Crippen molar-refractivity contribution in [3.63, 3.8) is 0 Å². The fourth-order valence-electron chi connectivity index (χ4n) is 0.509. The number of hydrogen-bond acceptors (Lipinski definition) is 4. The molecule has 8 nitrogen and oxygen atoms in total. The Morgan fingerprint density at radius 1 is 0.722 bits per heavy atom. The summed E-state index contributed by atoms with van der Waals surface area (Å²) in [5, 5.41) is 0. The van der Waals surface area contributed by atoms with E-state index in [4.69, 9.17) is 20.6 Å². The maximum atomic E-state index is 9.86. The van der Waals surface area contributed by atoms with Gasteiger partial charge in [-0.05, 0) is 0 Å². The first-order valence-electron chi connectivity index (χ1n) is 4.32. The second-order valence-electron chi connectivity index (χ2n) is 2.78. The van der Waals surface area contributed by atoms with Crippen LogP contribution in [0.1, 0.15) is 12.8 Å². The summed E-state index contributed by atoms with van der Waals surface area (Å²) < 4.78 is 55.5. The second-order valence-corrected chi connectivity index (χ2v) is 5.92. The van der Waals surface area contributed by atoms with Gasteiger partial charge in [0.05, 0.1) is 11.5 Å². The maximum absolute atomic E-state index is 9.86. The SMILES string of the molecule is [K+].[K+].[NH-]CCCS(=O)(=O)O.[NH-]CCCS(=O)(=O)O. The minimum atomic E-state index is -3.81. The minimum Gasteiger partial charge on any atom is -0.677 e. The van der Waals surface area contributed by atoms with Gasteiger partial charge < -0.3 is 11.5 Å². The molecule has 0 atom stereocenters. The smallest absolute Gasteiger partial charge is 0.677 e. The first-order valence-corrected chi connectivity index (χ1v) is 7.53. The minimum absolute atomic E-state index is 0. The quantitative estimate of drug-likeness (QED) is 0.358. The molecule has 0 radical (unpaired) electrons. The van der Waals surface area contributed by atoms with E-state index in [0.29, 0.717) is 0 Å². The van der Waals surface area contributed by atoms with Gasteiger partial charge in [-0.2, -0.15) is 29.9 Å². The van der Waals surface area contributed by atoms with Gasteiger partial charge in [0.1, 0.15) is 0 Å². The van der Waals surface area contributed by atoms with Crippen LogP contribution in [0.15, 0.2) is 0 Å². The van der Waals surface area contributed by atoms with Crippen molar-refractivity contribution in [2.24, 2.45) is 0 Å². The second kappa shape index (κ2) is 16.4. The Hall–Kier alpha value is 3.01. The molecule has 0 saturated heterocycles. The van der Waals surface area contributed by atoms with Crippen molar-refractivity contribution in [2.45, 2.75) is 12.8 Å². The standard InChI is InChI=1S/2C3H8NO3S.2K/c2*4-2-1-3-8(5,6)7;;/h2*4H,1-3H2,(H,5,6,7);;/q2*-1;2*+1. The third-order valence-corrected chi connectivity index (χ3v) is 2.77. The van der Waals surface area contributed by atoms with Gasteiger partial charge in [0, 0.05) is 0 Å². The monoisotopic (exact) mass is 354 g/mol. The van der Waals surface area contributed by atoms with E-state index in [1.807, 2.05) is 0 Å². The van der Waals surface area contributed by atoms with Crippen molar-refractivity contribution < 1.29 is 129 Å². The van der Waals surface area contributed by atoms with Gasteiger partial charge in [-0.25, -0.2) is 0 Å². The Morgan fingerprint density at radius 2 is 0.944 bits per heavy atom. The average molecular weight is 355 g/mol. The van der Waals surface area contributed by atoms with Crippen LogP contribution in [0.4, 0.5) is 0 Å². The predicted molar refractivity (Wildman–Crippen MR) is 60.4 cm³/mol. The summed E-state index contributed by atoms with van der Waals surface area (Å²) in [6, 6.07) is 0. The molecule has 0 unspecified atom stereocenters. The molecule has 0 heterocycles. The summed E-state index contributed by atoms with van der Waals surface area (Å²) in [5.74, 6) is -0.590. The van der Waals surface area contributed by atoms with E-state index < -0.39 is 20.2 Å². The predicted octanol–water partition coefficient (Wildman–Crippen LogP) is -5.36. The van der Waals surface area contributed by atoms with Crippen LogP contribution in [0.25, 0.3) is 11.5 Å². The molecular weight excluding hydrogens is 338 g/mol. The molecule has 0 saturated carbocycles. The van der Waals surface area contributed by atoms with E-state index >= 15 is 0 Å². The molecule has 0 amide bonds. The summed E-state index contributed by atoms with van der Waals surface area (Å²) in [5.41, 5.74) is 13.0. The molecular formula is C6H16K2N2O6S2. The van der Waals surface area contributed by atoms with Crippen LogP contribution in [0.5, 0.6) is 0 Å². The summed E-state index contributed by atoms with van der Waals surface area (Å²) >= 11 is 0. The van der Waals surface area contributed by atoms with Crippen LogP contribution in [0, 0.1) is 0 Å². The molecule has 0 fully saturated rings. The van der Waals surface area contributed by atoms with E-state index in [9.17, 15) is 16.8 Å². The zero-order valence-electron chi connectivity index (χ0n) is 10.6. The topological polar surface area (TPSA) is 156 Å². The van der Waals surface area contributed by atoms with Gasteiger partial charge in [0.2, 0.25) is 0 Å². The normalized spacial score (nSPS) is 10.4. The third kappa shape index (κ3) is 36.4. The first kappa shape index (κ1) is 29.1. The molecule has 0 aliphatic heterocycles. The summed E-state index contributed by atoms with van der Waals surface area (Å²) in [6.07, 6.45) is 0.414. The molecule has 18 heavy (non-hydrogen) atoms. The zero-order valence-corrected chi connectivity index (χ0v) is 18.5. The fourth-order valence-corrected chi connectivity index (χ4v) is 1.53. The van der Waals surface area contributed by atoms with Crippen LogP contribution in [-0.2, 0) is 20.2 Å². The first-order chi connectivity index (χ1) is 7.12. The molecule has 0 aromatic rings. The van der Waals surface area contributed by atoms with Crippen molar-refractivity contribution in [3.05, 3.63) is 11.5 Å². The maximum Gasteiger partial charge on any atom is 1.00 e. The summed E-state index contributed by atoms with van der Waals surface area (Å²) in [4.78, 5) is 0. The van der Waals surface area contributed by atoms with Gasteiger partial charge in [-0.3, -0.25) is 9.11 Å². The fraction of sp³-hybridized carbons (Fsp3) is 1.00. The number of hydrogen-bond donors (Lipinski definition) is 2. The van der Waals surface area contributed by atoms with Gasteiger partial charge in [0.25, 0.3) is 20.2 Å². The molecule has 0 bridgehead atoms. The van der Waals surface area contributed by atoms with E-state index in [1.165, 1.54) is 0 Å². The van der Waals surface area contributed by atoms with Crippen molar-refractivity contribution in [1.29, 1.82) is 0 Å².